The largest absolute Gasteiger partial charge is 0.491 e. The fraction of sp³-hybridized carbons (Fsp3) is 0.462. The minimum absolute atomic E-state index is 0.00722. The molecule has 2 fully saturated rings. The fourth-order valence-corrected chi connectivity index (χ4v) is 10.1. The molecule has 3 aliphatic heterocycles. The minimum atomic E-state index is -0.929. The number of carbonyl (C=O) groups excluding carboxylic acids is 2. The van der Waals surface area contributed by atoms with Gasteiger partial charge in [0, 0.05) is 54.9 Å². The van der Waals surface area contributed by atoms with E-state index in [4.69, 9.17) is 38.5 Å². The first-order chi connectivity index (χ1) is 34.0. The summed E-state index contributed by atoms with van der Waals surface area (Å²) >= 11 is 0. The van der Waals surface area contributed by atoms with Crippen molar-refractivity contribution < 1.29 is 43.2 Å². The number of nitrogens with one attached hydrogen (secondary N) is 4. The van der Waals surface area contributed by atoms with Crippen LogP contribution in [-0.4, -0.2) is 124 Å². The molecule has 9 rings (SSSR count). The second kappa shape index (κ2) is 21.4. The number of alkyl carbamates (subject to hydrolysis) is 1. The van der Waals surface area contributed by atoms with E-state index in [2.05, 4.69) is 73.9 Å². The number of aliphatic hydroxyl groups excluding tert-OH is 1. The lowest BCUT2D eigenvalue weighted by atomic mass is 10.0. The molecule has 6 unspecified atom stereocenters. The van der Waals surface area contributed by atoms with E-state index in [1.54, 1.807) is 14.2 Å². The second-order valence-electron chi connectivity index (χ2n) is 18.9. The molecule has 3 aliphatic rings. The van der Waals surface area contributed by atoms with Gasteiger partial charge in [-0.15, -0.1) is 0 Å². The Morgan fingerprint density at radius 2 is 1.57 bits per heavy atom. The lowest BCUT2D eigenvalue weighted by molar-refractivity contribution is -0.147. The van der Waals surface area contributed by atoms with E-state index >= 15 is 0 Å². The van der Waals surface area contributed by atoms with E-state index < -0.39 is 30.6 Å². The first-order valence-corrected chi connectivity index (χ1v) is 24.2. The Morgan fingerprint density at radius 3 is 2.30 bits per heavy atom. The van der Waals surface area contributed by atoms with Crippen molar-refractivity contribution in [3.05, 3.63) is 96.3 Å². The van der Waals surface area contributed by atoms with E-state index in [1.165, 1.54) is 7.11 Å². The number of aromatic amines is 2. The van der Waals surface area contributed by atoms with Crippen molar-refractivity contribution >= 4 is 22.9 Å². The van der Waals surface area contributed by atoms with Crippen molar-refractivity contribution in [3.63, 3.8) is 0 Å². The SMILES string of the molecule is COCCOc1cccc(C2Oc3cc(-c4cnc(C5CCCN5C(=O)C(NOCOC)C(C)C)[nH]4)ccc3-c3cc4cc(-c5cnc(C6CCCN6C(O)C(NC(=O)OC)C(C)C)[nH]5)ccc4n32)c1. The smallest absolute Gasteiger partial charge is 0.407 e. The minimum Gasteiger partial charge on any atom is -0.491 e. The van der Waals surface area contributed by atoms with Crippen LogP contribution in [0.2, 0.25) is 0 Å². The monoisotopic (exact) mass is 959 g/mol. The maximum atomic E-state index is 13.9. The number of rotatable bonds is 19. The molecular weight excluding hydrogens is 895 g/mol. The lowest BCUT2D eigenvalue weighted by Gasteiger charge is -2.35. The van der Waals surface area contributed by atoms with Crippen LogP contribution in [0.1, 0.15) is 88.9 Å². The molecule has 70 heavy (non-hydrogen) atoms. The van der Waals surface area contributed by atoms with Crippen molar-refractivity contribution in [3.8, 4) is 45.3 Å². The van der Waals surface area contributed by atoms with Gasteiger partial charge in [0.25, 0.3) is 0 Å². The number of hydrogen-bond donors (Lipinski definition) is 5. The Balaban J connectivity index is 1.02. The third-order valence-corrected chi connectivity index (χ3v) is 13.7. The highest BCUT2D eigenvalue weighted by molar-refractivity contribution is 5.92. The maximum Gasteiger partial charge on any atom is 0.407 e. The molecule has 0 saturated carbocycles. The first-order valence-electron chi connectivity index (χ1n) is 24.2. The molecule has 18 nitrogen and oxygen atoms in total. The van der Waals surface area contributed by atoms with E-state index in [0.29, 0.717) is 37.8 Å². The lowest BCUT2D eigenvalue weighted by Crippen LogP contribution is -2.54. The molecule has 0 aliphatic carbocycles. The molecule has 0 radical (unpaired) electrons. The zero-order valence-electron chi connectivity index (χ0n) is 40.9. The Hall–Kier alpha value is -6.28. The highest BCUT2D eigenvalue weighted by atomic mass is 16.7. The van der Waals surface area contributed by atoms with Gasteiger partial charge in [-0.05, 0) is 80.0 Å². The second-order valence-corrected chi connectivity index (χ2v) is 18.9. The number of H-pyrrole nitrogens is 2. The number of nitrogens with zero attached hydrogens (tertiary/aromatic N) is 5. The van der Waals surface area contributed by atoms with Gasteiger partial charge < -0.3 is 53.5 Å². The molecule has 6 aromatic rings. The van der Waals surface area contributed by atoms with E-state index in [9.17, 15) is 14.7 Å². The average Bonchev–Trinajstić information content (AvgIpc) is 4.23. The van der Waals surface area contributed by atoms with Gasteiger partial charge in [-0.3, -0.25) is 14.5 Å². The van der Waals surface area contributed by atoms with Crippen molar-refractivity contribution in [1.29, 1.82) is 0 Å². The Bertz CT molecular complexity index is 2770. The van der Waals surface area contributed by atoms with Crippen molar-refractivity contribution in [1.82, 2.24) is 45.1 Å². The van der Waals surface area contributed by atoms with Gasteiger partial charge in [0.1, 0.15) is 42.0 Å². The summed E-state index contributed by atoms with van der Waals surface area (Å²) < 4.78 is 30.5. The zero-order chi connectivity index (χ0) is 49.1. The van der Waals surface area contributed by atoms with Gasteiger partial charge in [0.2, 0.25) is 12.1 Å². The predicted octanol–water partition coefficient (Wildman–Crippen LogP) is 7.70. The Kier molecular flexibility index (Phi) is 14.9. The molecule has 18 heteroatoms. The molecule has 3 aromatic carbocycles. The molecule has 3 aromatic heterocycles. The molecule has 5 N–H and O–H groups in total. The molecular formula is C52H65N9O9. The highest BCUT2D eigenvalue weighted by Crippen LogP contribution is 2.47. The van der Waals surface area contributed by atoms with Gasteiger partial charge in [-0.1, -0.05) is 52.0 Å². The number of fused-ring (bicyclic) bond motifs is 5. The number of aliphatic hydroxyl groups is 1. The van der Waals surface area contributed by atoms with E-state index in [1.807, 2.05) is 68.1 Å². The molecule has 2 saturated heterocycles. The molecule has 6 atom stereocenters. The molecule has 372 valence electrons. The molecule has 0 bridgehead atoms. The van der Waals surface area contributed by atoms with Crippen molar-refractivity contribution in [2.24, 2.45) is 11.8 Å². The fourth-order valence-electron chi connectivity index (χ4n) is 10.1. The third kappa shape index (κ3) is 9.89. The third-order valence-electron chi connectivity index (χ3n) is 13.7. The normalized spacial score (nSPS) is 19.3. The molecule has 6 heterocycles. The van der Waals surface area contributed by atoms with E-state index in [0.717, 1.165) is 87.6 Å². The summed E-state index contributed by atoms with van der Waals surface area (Å²) in [6.45, 7) is 10.1. The Morgan fingerprint density at radius 1 is 0.843 bits per heavy atom. The number of methoxy groups -OCH3 is 3. The van der Waals surface area contributed by atoms with Crippen LogP contribution < -0.4 is 20.3 Å². The van der Waals surface area contributed by atoms with Gasteiger partial charge >= 0.3 is 6.09 Å². The zero-order valence-corrected chi connectivity index (χ0v) is 40.9. The average molecular weight is 960 g/mol. The number of ether oxygens (including phenoxy) is 5. The predicted molar refractivity (Wildman–Crippen MR) is 262 cm³/mol. The summed E-state index contributed by atoms with van der Waals surface area (Å²) in [4.78, 5) is 52.2. The summed E-state index contributed by atoms with van der Waals surface area (Å²) in [6, 6.07) is 21.4. The number of imidazole rings is 2. The van der Waals surface area contributed by atoms with E-state index in [-0.39, 0.29) is 36.6 Å². The van der Waals surface area contributed by atoms with Gasteiger partial charge in [0.05, 0.1) is 66.8 Å². The number of amides is 2. The Labute approximate surface area is 407 Å². The van der Waals surface area contributed by atoms with Crippen molar-refractivity contribution in [2.45, 2.75) is 90.0 Å². The van der Waals surface area contributed by atoms with Gasteiger partial charge in [-0.25, -0.2) is 14.8 Å². The molecule has 2 amide bonds. The van der Waals surface area contributed by atoms with Crippen LogP contribution in [0.15, 0.2) is 79.1 Å². The molecule has 0 spiro atoms. The van der Waals surface area contributed by atoms with Crippen LogP contribution in [0.5, 0.6) is 11.5 Å². The highest BCUT2D eigenvalue weighted by Gasteiger charge is 2.40. The van der Waals surface area contributed by atoms with Crippen LogP contribution in [0.4, 0.5) is 4.79 Å². The van der Waals surface area contributed by atoms with Gasteiger partial charge in [0.15, 0.2) is 6.79 Å². The standard InChI is InChI=1S/C52H65N9O9/c1-30(2)45(57-52(64)67-7)49(62)59-19-9-13-41(59)47-53-27-38(55-47)32-16-18-40-35(23-32)25-43-37-17-15-33(26-44(37)70-51(61(40)43)34-11-8-12-36(24-34)68-22-21-65-5)39-28-54-48(56-39)42-14-10-20-60(42)50(63)46(31(3)4)58-69-29-66-6/h8,11-12,15-18,23-28,30-31,41-42,45-46,49,51,58,62H,9-10,13-14,19-22,29H2,1-7H3,(H,53,55)(H,54,56)(H,57,64). The number of likely N-dealkylation sites (tertiary alicyclic amines) is 2. The quantitative estimate of drug-likeness (QED) is 0.0301. The number of aromatic nitrogens is 5. The topological polar surface area (TPSA) is 203 Å². The van der Waals surface area contributed by atoms with Crippen LogP contribution in [-0.2, 0) is 23.8 Å². The number of carbonyl (C=O) groups is 2. The summed E-state index contributed by atoms with van der Waals surface area (Å²) in [5, 5.41) is 15.4. The summed E-state index contributed by atoms with van der Waals surface area (Å²) in [7, 11) is 4.51. The first kappa shape index (κ1) is 48.7. The summed E-state index contributed by atoms with van der Waals surface area (Å²) in [6.07, 6.45) is 4.98. The van der Waals surface area contributed by atoms with Crippen LogP contribution in [0.3, 0.4) is 0 Å². The number of benzene rings is 3. The number of hydroxylamine groups is 1. The number of hydrogen-bond acceptors (Lipinski definition) is 13. The summed E-state index contributed by atoms with van der Waals surface area (Å²) in [5.41, 5.74) is 10.3. The van der Waals surface area contributed by atoms with Crippen LogP contribution in [0.25, 0.3) is 44.7 Å². The van der Waals surface area contributed by atoms with Gasteiger partial charge in [-0.2, -0.15) is 5.48 Å². The van der Waals surface area contributed by atoms with Crippen LogP contribution in [0, 0.1) is 11.8 Å². The summed E-state index contributed by atoms with van der Waals surface area (Å²) in [5.74, 6) is 2.83. The van der Waals surface area contributed by atoms with Crippen molar-refractivity contribution in [2.75, 3.05) is 54.4 Å². The maximum absolute atomic E-state index is 13.9. The van der Waals surface area contributed by atoms with Crippen LogP contribution >= 0.6 is 0 Å².